The lowest BCUT2D eigenvalue weighted by molar-refractivity contribution is 0.0686. The van der Waals surface area contributed by atoms with Gasteiger partial charge in [0.05, 0.1) is 6.20 Å². The van der Waals surface area contributed by atoms with Crippen molar-refractivity contribution in [1.82, 2.24) is 9.97 Å². The summed E-state index contributed by atoms with van der Waals surface area (Å²) < 4.78 is 5.59. The van der Waals surface area contributed by atoms with Gasteiger partial charge in [0.2, 0.25) is 0 Å². The highest BCUT2D eigenvalue weighted by molar-refractivity contribution is 7.98. The molecular formula is C15H16N2O3S. The Kier molecular flexibility index (Phi) is 4.80. The summed E-state index contributed by atoms with van der Waals surface area (Å²) in [6.07, 6.45) is 3.39. The van der Waals surface area contributed by atoms with E-state index in [-0.39, 0.29) is 17.4 Å². The van der Waals surface area contributed by atoms with E-state index in [1.165, 1.54) is 6.20 Å². The molecule has 0 unspecified atom stereocenters. The van der Waals surface area contributed by atoms with Crippen LogP contribution in [-0.2, 0) is 0 Å². The van der Waals surface area contributed by atoms with Crippen molar-refractivity contribution in [2.75, 3.05) is 6.26 Å². The number of carboxylic acid groups (broad SMARTS) is 1. The van der Waals surface area contributed by atoms with E-state index < -0.39 is 5.97 Å². The number of rotatable bonds is 5. The molecule has 6 heteroatoms. The molecule has 0 aliphatic rings. The average molecular weight is 304 g/mol. The van der Waals surface area contributed by atoms with Gasteiger partial charge in [-0.15, -0.1) is 11.8 Å². The SMILES string of the molecule is CSc1ccc(Oc2cnc(C(C)C)nc2C(=O)O)cc1. The lowest BCUT2D eigenvalue weighted by Crippen LogP contribution is -2.08. The standard InChI is InChI=1S/C15H16N2O3S/c1-9(2)14-16-8-12(13(17-14)15(18)19)20-10-4-6-11(21-3)7-5-10/h4-9H,1-3H3,(H,18,19). The molecule has 110 valence electrons. The maximum absolute atomic E-state index is 11.3. The molecule has 0 fully saturated rings. The van der Waals surface area contributed by atoms with Crippen molar-refractivity contribution in [3.63, 3.8) is 0 Å². The van der Waals surface area contributed by atoms with Crippen LogP contribution in [-0.4, -0.2) is 27.3 Å². The number of ether oxygens (including phenoxy) is 1. The van der Waals surface area contributed by atoms with Gasteiger partial charge in [0.25, 0.3) is 0 Å². The first kappa shape index (κ1) is 15.3. The van der Waals surface area contributed by atoms with E-state index in [0.29, 0.717) is 11.6 Å². The smallest absolute Gasteiger partial charge is 0.358 e. The van der Waals surface area contributed by atoms with Crippen LogP contribution < -0.4 is 4.74 Å². The zero-order valence-electron chi connectivity index (χ0n) is 12.0. The first-order valence-electron chi connectivity index (χ1n) is 6.43. The maximum Gasteiger partial charge on any atom is 0.358 e. The molecule has 0 amide bonds. The van der Waals surface area contributed by atoms with E-state index >= 15 is 0 Å². The highest BCUT2D eigenvalue weighted by Crippen LogP contribution is 2.26. The summed E-state index contributed by atoms with van der Waals surface area (Å²) in [5, 5.41) is 9.26. The van der Waals surface area contributed by atoms with Gasteiger partial charge in [0.15, 0.2) is 11.4 Å². The van der Waals surface area contributed by atoms with Gasteiger partial charge in [-0.05, 0) is 30.5 Å². The number of nitrogens with zero attached hydrogens (tertiary/aromatic N) is 2. The van der Waals surface area contributed by atoms with Crippen molar-refractivity contribution in [1.29, 1.82) is 0 Å². The molecule has 0 radical (unpaired) electrons. The third-order valence-electron chi connectivity index (χ3n) is 2.78. The lowest BCUT2D eigenvalue weighted by atomic mass is 10.2. The number of hydrogen-bond donors (Lipinski definition) is 1. The van der Waals surface area contributed by atoms with Gasteiger partial charge in [-0.1, -0.05) is 13.8 Å². The van der Waals surface area contributed by atoms with Gasteiger partial charge in [-0.25, -0.2) is 14.8 Å². The average Bonchev–Trinajstić information content (AvgIpc) is 2.48. The van der Waals surface area contributed by atoms with E-state index in [0.717, 1.165) is 4.90 Å². The summed E-state index contributed by atoms with van der Waals surface area (Å²) in [5.41, 5.74) is -0.123. The monoisotopic (exact) mass is 304 g/mol. The molecule has 0 atom stereocenters. The fourth-order valence-corrected chi connectivity index (χ4v) is 2.07. The quantitative estimate of drug-likeness (QED) is 0.847. The van der Waals surface area contributed by atoms with Gasteiger partial charge in [-0.2, -0.15) is 0 Å². The molecule has 0 saturated carbocycles. The highest BCUT2D eigenvalue weighted by Gasteiger charge is 2.17. The van der Waals surface area contributed by atoms with Crippen LogP contribution in [0.4, 0.5) is 0 Å². The Morgan fingerprint density at radius 3 is 2.48 bits per heavy atom. The van der Waals surface area contributed by atoms with Crippen LogP contribution in [0, 0.1) is 0 Å². The van der Waals surface area contributed by atoms with Crippen LogP contribution in [0.15, 0.2) is 35.4 Å². The summed E-state index contributed by atoms with van der Waals surface area (Å²) in [6, 6.07) is 7.38. The van der Waals surface area contributed by atoms with Crippen molar-refractivity contribution in [2.45, 2.75) is 24.7 Å². The van der Waals surface area contributed by atoms with Crippen LogP contribution in [0.25, 0.3) is 0 Å². The third-order valence-corrected chi connectivity index (χ3v) is 3.52. The Morgan fingerprint density at radius 2 is 1.95 bits per heavy atom. The number of benzene rings is 1. The first-order chi connectivity index (χ1) is 10.0. The molecule has 1 aromatic heterocycles. The Bertz CT molecular complexity index is 642. The predicted octanol–water partition coefficient (Wildman–Crippen LogP) is 3.81. The zero-order chi connectivity index (χ0) is 15.4. The summed E-state index contributed by atoms with van der Waals surface area (Å²) >= 11 is 1.62. The van der Waals surface area contributed by atoms with E-state index in [9.17, 15) is 9.90 Å². The van der Waals surface area contributed by atoms with Crippen molar-refractivity contribution in [3.8, 4) is 11.5 Å². The third kappa shape index (κ3) is 3.72. The number of aromatic carboxylic acids is 1. The van der Waals surface area contributed by atoms with Gasteiger partial charge in [0, 0.05) is 10.8 Å². The van der Waals surface area contributed by atoms with Crippen LogP contribution in [0.5, 0.6) is 11.5 Å². The Balaban J connectivity index is 2.31. The molecule has 0 saturated heterocycles. The number of aromatic nitrogens is 2. The molecular weight excluding hydrogens is 288 g/mol. The fourth-order valence-electron chi connectivity index (χ4n) is 1.66. The molecule has 1 N–H and O–H groups in total. The van der Waals surface area contributed by atoms with E-state index in [1.807, 2.05) is 32.2 Å². The zero-order valence-corrected chi connectivity index (χ0v) is 12.8. The summed E-state index contributed by atoms with van der Waals surface area (Å²) in [5.74, 6) is 0.102. The Labute approximate surface area is 127 Å². The molecule has 2 rings (SSSR count). The first-order valence-corrected chi connectivity index (χ1v) is 7.66. The van der Waals surface area contributed by atoms with E-state index in [4.69, 9.17) is 4.74 Å². The maximum atomic E-state index is 11.3. The molecule has 1 aromatic carbocycles. The number of carbonyl (C=O) groups is 1. The molecule has 21 heavy (non-hydrogen) atoms. The van der Waals surface area contributed by atoms with Crippen molar-refractivity contribution < 1.29 is 14.6 Å². The van der Waals surface area contributed by atoms with Crippen molar-refractivity contribution >= 4 is 17.7 Å². The second-order valence-corrected chi connectivity index (χ2v) is 5.56. The van der Waals surface area contributed by atoms with Gasteiger partial charge in [-0.3, -0.25) is 0 Å². The number of hydrogen-bond acceptors (Lipinski definition) is 5. The summed E-state index contributed by atoms with van der Waals surface area (Å²) in [7, 11) is 0. The fraction of sp³-hybridized carbons (Fsp3) is 0.267. The van der Waals surface area contributed by atoms with Crippen molar-refractivity contribution in [2.24, 2.45) is 0 Å². The Morgan fingerprint density at radius 1 is 1.29 bits per heavy atom. The normalized spacial score (nSPS) is 10.7. The molecule has 0 aliphatic heterocycles. The topological polar surface area (TPSA) is 72.3 Å². The van der Waals surface area contributed by atoms with Crippen LogP contribution in [0.1, 0.15) is 36.1 Å². The molecule has 1 heterocycles. The van der Waals surface area contributed by atoms with E-state index in [2.05, 4.69) is 9.97 Å². The van der Waals surface area contributed by atoms with Crippen LogP contribution in [0.3, 0.4) is 0 Å². The highest BCUT2D eigenvalue weighted by atomic mass is 32.2. The molecule has 0 bridgehead atoms. The van der Waals surface area contributed by atoms with E-state index in [1.54, 1.807) is 23.9 Å². The minimum absolute atomic E-state index is 0.0537. The Hall–Kier alpha value is -2.08. The second kappa shape index (κ2) is 6.58. The predicted molar refractivity (Wildman–Crippen MR) is 81.4 cm³/mol. The van der Waals surface area contributed by atoms with Crippen LogP contribution >= 0.6 is 11.8 Å². The van der Waals surface area contributed by atoms with Gasteiger partial charge < -0.3 is 9.84 Å². The molecule has 0 spiro atoms. The van der Waals surface area contributed by atoms with Gasteiger partial charge in [0.1, 0.15) is 11.6 Å². The molecule has 2 aromatic rings. The second-order valence-electron chi connectivity index (χ2n) is 4.68. The summed E-state index contributed by atoms with van der Waals surface area (Å²) in [4.78, 5) is 20.6. The number of carboxylic acids is 1. The molecule has 5 nitrogen and oxygen atoms in total. The van der Waals surface area contributed by atoms with Crippen LogP contribution in [0.2, 0.25) is 0 Å². The summed E-state index contributed by atoms with van der Waals surface area (Å²) in [6.45, 7) is 3.81. The van der Waals surface area contributed by atoms with Gasteiger partial charge >= 0.3 is 5.97 Å². The minimum Gasteiger partial charge on any atom is -0.476 e. The van der Waals surface area contributed by atoms with Crippen molar-refractivity contribution in [3.05, 3.63) is 42.0 Å². The molecule has 0 aliphatic carbocycles. The largest absolute Gasteiger partial charge is 0.476 e. The minimum atomic E-state index is -1.13. The lowest BCUT2D eigenvalue weighted by Gasteiger charge is -2.10. The number of thioether (sulfide) groups is 1.